The van der Waals surface area contributed by atoms with Crippen molar-refractivity contribution >= 4 is 37.8 Å². The van der Waals surface area contributed by atoms with Crippen molar-refractivity contribution in [1.82, 2.24) is 4.90 Å². The van der Waals surface area contributed by atoms with Crippen LogP contribution in [0.15, 0.2) is 0 Å². The molecule has 0 fully saturated rings. The van der Waals surface area contributed by atoms with Crippen LogP contribution in [0.4, 0.5) is 0 Å². The molecule has 0 N–H and O–H groups in total. The lowest BCUT2D eigenvalue weighted by molar-refractivity contribution is -0.127. The van der Waals surface area contributed by atoms with Gasteiger partial charge in [-0.15, -0.1) is 0 Å². The average Bonchev–Trinajstić information content (AvgIpc) is 1.84. The average molecular weight is 259 g/mol. The maximum Gasteiger partial charge on any atom is 0.246 e. The largest absolute Gasteiger partial charge is 0.344 e. The maximum absolute atomic E-state index is 10.9. The minimum atomic E-state index is -0.241. The van der Waals surface area contributed by atoms with Crippen LogP contribution in [-0.2, 0) is 4.79 Å². The van der Waals surface area contributed by atoms with Gasteiger partial charge in [0.1, 0.15) is 3.74 Å². The third-order valence-electron chi connectivity index (χ3n) is 1.04. The summed E-state index contributed by atoms with van der Waals surface area (Å²) < 4.78 is -0.241. The molecule has 0 bridgehead atoms. The van der Waals surface area contributed by atoms with Gasteiger partial charge < -0.3 is 4.90 Å². The summed E-state index contributed by atoms with van der Waals surface area (Å²) in [6, 6.07) is 0. The molecule has 0 saturated heterocycles. The Morgan fingerprint density at radius 1 is 1.67 bits per heavy atom. The van der Waals surface area contributed by atoms with Gasteiger partial charge in [0.05, 0.1) is 0 Å². The highest BCUT2D eigenvalue weighted by Crippen LogP contribution is 2.10. The molecule has 0 radical (unpaired) electrons. The van der Waals surface area contributed by atoms with Gasteiger partial charge in [0, 0.05) is 13.6 Å². The van der Waals surface area contributed by atoms with Gasteiger partial charge >= 0.3 is 0 Å². The van der Waals surface area contributed by atoms with Crippen molar-refractivity contribution in [2.24, 2.45) is 0 Å². The summed E-state index contributed by atoms with van der Waals surface area (Å²) in [6.45, 7) is 2.67. The van der Waals surface area contributed by atoms with Crippen molar-refractivity contribution in [1.29, 1.82) is 0 Å². The molecule has 0 unspecified atom stereocenters. The zero-order chi connectivity index (χ0) is 7.44. The van der Waals surface area contributed by atoms with Crippen molar-refractivity contribution in [3.8, 4) is 0 Å². The molecule has 4 heteroatoms. The van der Waals surface area contributed by atoms with E-state index < -0.39 is 0 Å². The minimum Gasteiger partial charge on any atom is -0.344 e. The Morgan fingerprint density at radius 3 is 2.22 bits per heavy atom. The summed E-state index contributed by atoms with van der Waals surface area (Å²) >= 11 is 6.21. The number of carbonyl (C=O) groups excluding carboxylic acids is 1. The highest BCUT2D eigenvalue weighted by atomic mass is 79.9. The minimum absolute atomic E-state index is 0.0532. The lowest BCUT2D eigenvalue weighted by Crippen LogP contribution is -2.30. The molecule has 0 spiro atoms. The Kier molecular flexibility index (Phi) is 4.48. The van der Waals surface area contributed by atoms with Crippen LogP contribution in [0.1, 0.15) is 6.92 Å². The smallest absolute Gasteiger partial charge is 0.246 e. The molecule has 54 valence electrons. The number of alkyl halides is 2. The van der Waals surface area contributed by atoms with Crippen LogP contribution < -0.4 is 0 Å². The van der Waals surface area contributed by atoms with Crippen molar-refractivity contribution in [3.63, 3.8) is 0 Å². The molecule has 0 aliphatic carbocycles. The third kappa shape index (κ3) is 3.20. The van der Waals surface area contributed by atoms with E-state index in [1.54, 1.807) is 11.9 Å². The summed E-state index contributed by atoms with van der Waals surface area (Å²) in [6.07, 6.45) is 0. The number of amides is 1. The van der Waals surface area contributed by atoms with Gasteiger partial charge in [-0.05, 0) is 6.92 Å². The molecule has 0 saturated carbocycles. The summed E-state index contributed by atoms with van der Waals surface area (Å²) in [7, 11) is 1.76. The first-order valence-corrected chi connectivity index (χ1v) is 4.45. The number of carbonyl (C=O) groups is 1. The Labute approximate surface area is 71.9 Å². The topological polar surface area (TPSA) is 20.3 Å². The third-order valence-corrected chi connectivity index (χ3v) is 1.82. The van der Waals surface area contributed by atoms with E-state index in [-0.39, 0.29) is 9.64 Å². The molecule has 0 aliphatic rings. The number of halogens is 2. The molecular formula is C5H9Br2NO. The Hall–Kier alpha value is 0.430. The van der Waals surface area contributed by atoms with Crippen LogP contribution in [0.2, 0.25) is 0 Å². The van der Waals surface area contributed by atoms with Crippen LogP contribution in [0.5, 0.6) is 0 Å². The molecular weight excluding hydrogens is 250 g/mol. The van der Waals surface area contributed by atoms with Gasteiger partial charge in [-0.2, -0.15) is 0 Å². The first-order valence-electron chi connectivity index (χ1n) is 2.62. The first-order chi connectivity index (χ1) is 4.09. The molecule has 1 amide bonds. The van der Waals surface area contributed by atoms with E-state index in [2.05, 4.69) is 31.9 Å². The lowest BCUT2D eigenvalue weighted by atomic mass is 10.6. The normalized spacial score (nSPS) is 9.89. The van der Waals surface area contributed by atoms with Gasteiger partial charge in [0.15, 0.2) is 0 Å². The molecule has 9 heavy (non-hydrogen) atoms. The highest BCUT2D eigenvalue weighted by molar-refractivity contribution is 9.25. The van der Waals surface area contributed by atoms with Gasteiger partial charge in [-0.1, -0.05) is 31.9 Å². The van der Waals surface area contributed by atoms with Gasteiger partial charge in [0.2, 0.25) is 5.91 Å². The van der Waals surface area contributed by atoms with Crippen molar-refractivity contribution in [2.75, 3.05) is 13.6 Å². The first kappa shape index (κ1) is 9.43. The number of hydrogen-bond donors (Lipinski definition) is 0. The lowest BCUT2D eigenvalue weighted by Gasteiger charge is -2.14. The van der Waals surface area contributed by atoms with Crippen LogP contribution >= 0.6 is 31.9 Å². The second-order valence-corrected chi connectivity index (χ2v) is 4.71. The zero-order valence-electron chi connectivity index (χ0n) is 5.40. The summed E-state index contributed by atoms with van der Waals surface area (Å²) in [5, 5.41) is 0. The fourth-order valence-corrected chi connectivity index (χ4v) is 1.02. The SMILES string of the molecule is CCN(C)C(=O)C(Br)Br. The Bertz CT molecular complexity index is 105. The summed E-state index contributed by atoms with van der Waals surface area (Å²) in [4.78, 5) is 12.5. The quantitative estimate of drug-likeness (QED) is 0.689. The highest BCUT2D eigenvalue weighted by Gasteiger charge is 2.13. The van der Waals surface area contributed by atoms with Crippen molar-refractivity contribution < 1.29 is 4.79 Å². The van der Waals surface area contributed by atoms with E-state index >= 15 is 0 Å². The fourth-order valence-electron chi connectivity index (χ4n) is 0.322. The molecule has 0 aromatic heterocycles. The molecule has 0 aromatic rings. The molecule has 0 aromatic carbocycles. The monoisotopic (exact) mass is 257 g/mol. The predicted molar refractivity (Wildman–Crippen MR) is 45.0 cm³/mol. The molecule has 0 aliphatic heterocycles. The Morgan fingerprint density at radius 2 is 2.11 bits per heavy atom. The Balaban J connectivity index is 3.73. The number of nitrogens with zero attached hydrogens (tertiary/aromatic N) is 1. The maximum atomic E-state index is 10.9. The number of rotatable bonds is 2. The molecule has 0 rings (SSSR count). The van der Waals surface area contributed by atoms with E-state index in [1.807, 2.05) is 6.92 Å². The standard InChI is InChI=1S/C5H9Br2NO/c1-3-8(2)5(9)4(6)7/h4H,3H2,1-2H3. The molecule has 2 nitrogen and oxygen atoms in total. The van der Waals surface area contributed by atoms with E-state index in [0.29, 0.717) is 0 Å². The van der Waals surface area contributed by atoms with Crippen LogP contribution in [0, 0.1) is 0 Å². The van der Waals surface area contributed by atoms with Gasteiger partial charge in [-0.3, -0.25) is 4.79 Å². The van der Waals surface area contributed by atoms with Gasteiger partial charge in [0.25, 0.3) is 0 Å². The van der Waals surface area contributed by atoms with Gasteiger partial charge in [-0.25, -0.2) is 0 Å². The van der Waals surface area contributed by atoms with Crippen LogP contribution in [0.25, 0.3) is 0 Å². The summed E-state index contributed by atoms with van der Waals surface area (Å²) in [5.41, 5.74) is 0. The van der Waals surface area contributed by atoms with Crippen LogP contribution in [-0.4, -0.2) is 28.1 Å². The zero-order valence-corrected chi connectivity index (χ0v) is 8.57. The fraction of sp³-hybridized carbons (Fsp3) is 0.800. The van der Waals surface area contributed by atoms with E-state index in [0.717, 1.165) is 6.54 Å². The van der Waals surface area contributed by atoms with E-state index in [1.165, 1.54) is 0 Å². The predicted octanol–water partition coefficient (Wildman–Crippen LogP) is 1.58. The second kappa shape index (κ2) is 4.28. The molecule has 0 atom stereocenters. The van der Waals surface area contributed by atoms with Crippen molar-refractivity contribution in [3.05, 3.63) is 0 Å². The molecule has 0 heterocycles. The second-order valence-electron chi connectivity index (χ2n) is 1.65. The van der Waals surface area contributed by atoms with Crippen LogP contribution in [0.3, 0.4) is 0 Å². The van der Waals surface area contributed by atoms with E-state index in [4.69, 9.17) is 0 Å². The van der Waals surface area contributed by atoms with Crippen molar-refractivity contribution in [2.45, 2.75) is 10.7 Å². The van der Waals surface area contributed by atoms with E-state index in [9.17, 15) is 4.79 Å². The summed E-state index contributed by atoms with van der Waals surface area (Å²) in [5.74, 6) is 0.0532. The number of hydrogen-bond acceptors (Lipinski definition) is 1.